The van der Waals surface area contributed by atoms with Crippen LogP contribution in [-0.4, -0.2) is 31.7 Å². The van der Waals surface area contributed by atoms with Gasteiger partial charge in [-0.3, -0.25) is 9.36 Å². The average Bonchev–Trinajstić information content (AvgIpc) is 2.93. The zero-order chi connectivity index (χ0) is 19.8. The van der Waals surface area contributed by atoms with Crippen LogP contribution in [0.1, 0.15) is 16.2 Å². The molecule has 10 heteroatoms. The summed E-state index contributed by atoms with van der Waals surface area (Å²) in [5.74, 6) is -1.62. The predicted molar refractivity (Wildman–Crippen MR) is 98.5 cm³/mol. The molecule has 0 radical (unpaired) electrons. The third-order valence-corrected chi connectivity index (χ3v) is 4.61. The SMILES string of the molecule is O=C(Nc1ccc(-n2c(O)c3n(c2=O)CCOC3)c(Cl)c1)c1cccc(F)n1. The Bertz CT molecular complexity index is 1140. The lowest BCUT2D eigenvalue weighted by Gasteiger charge is -2.13. The number of carbonyl (C=O) groups excluding carboxylic acids is 1. The first-order chi connectivity index (χ1) is 13.5. The number of hydrogen-bond acceptors (Lipinski definition) is 5. The highest BCUT2D eigenvalue weighted by Gasteiger charge is 2.24. The van der Waals surface area contributed by atoms with Crippen LogP contribution in [0.2, 0.25) is 5.02 Å². The van der Waals surface area contributed by atoms with Gasteiger partial charge < -0.3 is 15.2 Å². The number of rotatable bonds is 3. The van der Waals surface area contributed by atoms with Crippen LogP contribution in [0.25, 0.3) is 5.69 Å². The normalized spacial score (nSPS) is 13.2. The van der Waals surface area contributed by atoms with Crippen molar-refractivity contribution in [3.8, 4) is 11.6 Å². The summed E-state index contributed by atoms with van der Waals surface area (Å²) in [4.78, 5) is 28.3. The van der Waals surface area contributed by atoms with Crippen LogP contribution < -0.4 is 11.0 Å². The standard InChI is InChI=1S/C18H14ClFN4O4/c19-11-8-10(21-16(25)12-2-1-3-15(20)22-12)4-5-13(11)24-17(26)14-9-28-7-6-23(14)18(24)27/h1-5,8,26H,6-7,9H2,(H,21,25). The predicted octanol–water partition coefficient (Wildman–Crippen LogP) is 2.31. The van der Waals surface area contributed by atoms with Gasteiger partial charge in [0.25, 0.3) is 5.91 Å². The smallest absolute Gasteiger partial charge is 0.336 e. The van der Waals surface area contributed by atoms with Gasteiger partial charge in [0, 0.05) is 5.69 Å². The van der Waals surface area contributed by atoms with Gasteiger partial charge in [-0.05, 0) is 30.3 Å². The summed E-state index contributed by atoms with van der Waals surface area (Å²) in [6.07, 6.45) is 0. The fourth-order valence-electron chi connectivity index (χ4n) is 2.99. The van der Waals surface area contributed by atoms with Crippen LogP contribution in [0.15, 0.2) is 41.2 Å². The topological polar surface area (TPSA) is 98.4 Å². The minimum atomic E-state index is -0.766. The van der Waals surface area contributed by atoms with E-state index < -0.39 is 17.5 Å². The van der Waals surface area contributed by atoms with E-state index >= 15 is 0 Å². The number of halogens is 2. The fourth-order valence-corrected chi connectivity index (χ4v) is 3.25. The molecule has 0 unspecified atom stereocenters. The third-order valence-electron chi connectivity index (χ3n) is 4.31. The molecule has 1 amide bonds. The van der Waals surface area contributed by atoms with Gasteiger partial charge in [-0.15, -0.1) is 0 Å². The Labute approximate surface area is 162 Å². The molecule has 0 fully saturated rings. The molecule has 1 aliphatic rings. The van der Waals surface area contributed by atoms with Crippen molar-refractivity contribution in [1.82, 2.24) is 14.1 Å². The van der Waals surface area contributed by atoms with Crippen molar-refractivity contribution in [3.05, 3.63) is 69.2 Å². The molecule has 8 nitrogen and oxygen atoms in total. The molecule has 0 aliphatic carbocycles. The minimum Gasteiger partial charge on any atom is -0.493 e. The number of fused-ring (bicyclic) bond motifs is 1. The molecule has 28 heavy (non-hydrogen) atoms. The molecule has 3 aromatic rings. The van der Waals surface area contributed by atoms with Crippen LogP contribution >= 0.6 is 11.6 Å². The zero-order valence-electron chi connectivity index (χ0n) is 14.4. The number of pyridine rings is 1. The number of benzene rings is 1. The molecule has 4 rings (SSSR count). The van der Waals surface area contributed by atoms with E-state index in [0.29, 0.717) is 24.5 Å². The molecule has 0 atom stereocenters. The summed E-state index contributed by atoms with van der Waals surface area (Å²) in [6.45, 7) is 0.838. The molecule has 0 saturated heterocycles. The van der Waals surface area contributed by atoms with Crippen molar-refractivity contribution in [2.75, 3.05) is 11.9 Å². The Hall–Kier alpha value is -3.17. The lowest BCUT2D eigenvalue weighted by Crippen LogP contribution is -2.28. The summed E-state index contributed by atoms with van der Waals surface area (Å²) < 4.78 is 21.0. The van der Waals surface area contributed by atoms with Gasteiger partial charge in [0.1, 0.15) is 11.4 Å². The number of hydrogen-bond donors (Lipinski definition) is 2. The van der Waals surface area contributed by atoms with Crippen molar-refractivity contribution >= 4 is 23.2 Å². The third kappa shape index (κ3) is 3.14. The molecule has 0 spiro atoms. The highest BCUT2D eigenvalue weighted by Crippen LogP contribution is 2.29. The van der Waals surface area contributed by atoms with Gasteiger partial charge in [-0.1, -0.05) is 17.7 Å². The monoisotopic (exact) mass is 404 g/mol. The molecular weight excluding hydrogens is 391 g/mol. The molecule has 0 bridgehead atoms. The van der Waals surface area contributed by atoms with Crippen molar-refractivity contribution in [1.29, 1.82) is 0 Å². The van der Waals surface area contributed by atoms with E-state index in [1.165, 1.54) is 34.9 Å². The van der Waals surface area contributed by atoms with Gasteiger partial charge in [-0.25, -0.2) is 14.3 Å². The lowest BCUT2D eigenvalue weighted by atomic mass is 10.2. The maximum Gasteiger partial charge on any atom is 0.336 e. The fraction of sp³-hybridized carbons (Fsp3) is 0.167. The number of nitrogens with zero attached hydrogens (tertiary/aromatic N) is 3. The van der Waals surface area contributed by atoms with Crippen LogP contribution in [0.3, 0.4) is 0 Å². The summed E-state index contributed by atoms with van der Waals surface area (Å²) in [5.41, 5.74) is 0.437. The van der Waals surface area contributed by atoms with Gasteiger partial charge in [0.15, 0.2) is 0 Å². The molecule has 0 saturated carbocycles. The summed E-state index contributed by atoms with van der Waals surface area (Å²) in [5, 5.41) is 13.1. The second kappa shape index (κ2) is 7.10. The number of aromatic hydroxyl groups is 1. The number of anilines is 1. The second-order valence-corrected chi connectivity index (χ2v) is 6.47. The molecule has 144 valence electrons. The summed E-state index contributed by atoms with van der Waals surface area (Å²) >= 11 is 6.29. The van der Waals surface area contributed by atoms with E-state index in [-0.39, 0.29) is 28.9 Å². The second-order valence-electron chi connectivity index (χ2n) is 6.06. The van der Waals surface area contributed by atoms with Crippen LogP contribution in [0.5, 0.6) is 5.88 Å². The number of amides is 1. The van der Waals surface area contributed by atoms with Crippen molar-refractivity contribution in [2.24, 2.45) is 0 Å². The van der Waals surface area contributed by atoms with Crippen LogP contribution in [-0.2, 0) is 17.9 Å². The first-order valence-electron chi connectivity index (χ1n) is 8.30. The van der Waals surface area contributed by atoms with Gasteiger partial charge in [-0.2, -0.15) is 4.39 Å². The molecule has 2 N–H and O–H groups in total. The molecule has 2 aromatic heterocycles. The van der Waals surface area contributed by atoms with E-state index in [0.717, 1.165) is 10.6 Å². The summed E-state index contributed by atoms with van der Waals surface area (Å²) in [7, 11) is 0. The summed E-state index contributed by atoms with van der Waals surface area (Å²) in [6, 6.07) is 8.31. The first kappa shape index (κ1) is 18.2. The number of carbonyl (C=O) groups is 1. The largest absolute Gasteiger partial charge is 0.493 e. The van der Waals surface area contributed by atoms with Crippen molar-refractivity contribution < 1.29 is 19.0 Å². The van der Waals surface area contributed by atoms with Gasteiger partial charge in [0.05, 0.1) is 30.5 Å². The van der Waals surface area contributed by atoms with Crippen molar-refractivity contribution in [3.63, 3.8) is 0 Å². The highest BCUT2D eigenvalue weighted by atomic mass is 35.5. The Morgan fingerprint density at radius 3 is 2.86 bits per heavy atom. The van der Waals surface area contributed by atoms with Crippen LogP contribution in [0, 0.1) is 5.95 Å². The Morgan fingerprint density at radius 1 is 1.32 bits per heavy atom. The molecule has 1 aromatic carbocycles. The maximum absolute atomic E-state index is 13.2. The quantitative estimate of drug-likeness (QED) is 0.653. The maximum atomic E-state index is 13.2. The van der Waals surface area contributed by atoms with E-state index in [1.807, 2.05) is 0 Å². The minimum absolute atomic E-state index is 0.0887. The Kier molecular flexibility index (Phi) is 4.62. The first-order valence-corrected chi connectivity index (χ1v) is 8.68. The van der Waals surface area contributed by atoms with Gasteiger partial charge in [0.2, 0.25) is 11.8 Å². The zero-order valence-corrected chi connectivity index (χ0v) is 15.1. The van der Waals surface area contributed by atoms with Gasteiger partial charge >= 0.3 is 5.69 Å². The molecular formula is C18H14ClFN4O4. The number of ether oxygens (including phenoxy) is 1. The van der Waals surface area contributed by atoms with Crippen molar-refractivity contribution in [2.45, 2.75) is 13.2 Å². The number of nitrogens with one attached hydrogen (secondary N) is 1. The number of aromatic nitrogens is 3. The number of imidazole rings is 1. The van der Waals surface area contributed by atoms with E-state index in [2.05, 4.69) is 10.3 Å². The molecule has 1 aliphatic heterocycles. The lowest BCUT2D eigenvalue weighted by molar-refractivity contribution is 0.0819. The van der Waals surface area contributed by atoms with E-state index in [1.54, 1.807) is 0 Å². The molecule has 3 heterocycles. The Morgan fingerprint density at radius 2 is 2.14 bits per heavy atom. The van der Waals surface area contributed by atoms with Crippen LogP contribution in [0.4, 0.5) is 10.1 Å². The van der Waals surface area contributed by atoms with E-state index in [9.17, 15) is 19.1 Å². The Balaban J connectivity index is 1.65. The highest BCUT2D eigenvalue weighted by molar-refractivity contribution is 6.32. The average molecular weight is 405 g/mol. The van der Waals surface area contributed by atoms with E-state index in [4.69, 9.17) is 16.3 Å².